The number of benzene rings is 3. The Hall–Kier alpha value is -3.90. The lowest BCUT2D eigenvalue weighted by Crippen LogP contribution is -2.43. The molecule has 0 aliphatic carbocycles. The molecule has 0 radical (unpaired) electrons. The van der Waals surface area contributed by atoms with Gasteiger partial charge >= 0.3 is 0 Å². The minimum atomic E-state index is -0.784. The van der Waals surface area contributed by atoms with Gasteiger partial charge in [-0.25, -0.2) is 0 Å². The molecule has 4 aromatic rings. The first-order valence-corrected chi connectivity index (χ1v) is 12.7. The molecule has 36 heavy (non-hydrogen) atoms. The fourth-order valence-electron chi connectivity index (χ4n) is 4.06. The predicted octanol–water partition coefficient (Wildman–Crippen LogP) is 5.69. The van der Waals surface area contributed by atoms with Crippen molar-refractivity contribution in [3.63, 3.8) is 0 Å². The molecule has 1 N–H and O–H groups in total. The van der Waals surface area contributed by atoms with Crippen LogP contribution in [0.5, 0.6) is 5.75 Å². The molecular formula is C30H30N2O3S. The van der Waals surface area contributed by atoms with E-state index >= 15 is 0 Å². The van der Waals surface area contributed by atoms with Gasteiger partial charge in [-0.2, -0.15) is 0 Å². The number of aryl methyl sites for hydroxylation is 1. The lowest BCUT2D eigenvalue weighted by Gasteiger charge is -2.32. The van der Waals surface area contributed by atoms with Crippen LogP contribution in [-0.2, 0) is 29.1 Å². The van der Waals surface area contributed by atoms with Crippen LogP contribution in [0.1, 0.15) is 33.2 Å². The summed E-state index contributed by atoms with van der Waals surface area (Å²) >= 11 is 1.54. The summed E-state index contributed by atoms with van der Waals surface area (Å²) in [5.74, 6) is 0.379. The van der Waals surface area contributed by atoms with E-state index in [1.165, 1.54) is 11.3 Å². The summed E-state index contributed by atoms with van der Waals surface area (Å²) in [7, 11) is 1.62. The van der Waals surface area contributed by atoms with Crippen LogP contribution in [0.25, 0.3) is 0 Å². The fraction of sp³-hybridized carbons (Fsp3) is 0.200. The minimum Gasteiger partial charge on any atom is -0.497 e. The highest BCUT2D eigenvalue weighted by atomic mass is 32.1. The van der Waals surface area contributed by atoms with Crippen molar-refractivity contribution in [2.75, 3.05) is 7.11 Å². The van der Waals surface area contributed by atoms with E-state index in [1.54, 1.807) is 12.0 Å². The molecule has 1 heterocycles. The van der Waals surface area contributed by atoms with Gasteiger partial charge in [0.05, 0.1) is 13.5 Å². The number of carbonyl (C=O) groups excluding carboxylic acids is 2. The molecule has 0 saturated carbocycles. The Balaban J connectivity index is 1.69. The van der Waals surface area contributed by atoms with E-state index in [4.69, 9.17) is 4.74 Å². The molecule has 5 nitrogen and oxygen atoms in total. The molecule has 0 spiro atoms. The molecule has 184 valence electrons. The van der Waals surface area contributed by atoms with Crippen LogP contribution in [-0.4, -0.2) is 23.8 Å². The van der Waals surface area contributed by atoms with Crippen molar-refractivity contribution in [2.24, 2.45) is 0 Å². The average Bonchev–Trinajstić information content (AvgIpc) is 3.42. The number of hydrogen-bond acceptors (Lipinski definition) is 4. The number of thiophene rings is 1. The van der Waals surface area contributed by atoms with Crippen LogP contribution in [0.2, 0.25) is 0 Å². The highest BCUT2D eigenvalue weighted by Gasteiger charge is 2.31. The first kappa shape index (κ1) is 25.2. The largest absolute Gasteiger partial charge is 0.497 e. The molecule has 6 heteroatoms. The Bertz CT molecular complexity index is 1270. The summed E-state index contributed by atoms with van der Waals surface area (Å²) in [6.45, 7) is 2.66. The lowest BCUT2D eigenvalue weighted by atomic mass is 10.0. The van der Waals surface area contributed by atoms with E-state index in [2.05, 4.69) is 5.32 Å². The number of hydrogen-bond donors (Lipinski definition) is 1. The van der Waals surface area contributed by atoms with Crippen LogP contribution in [0.4, 0.5) is 0 Å². The molecule has 1 atom stereocenters. The summed E-state index contributed by atoms with van der Waals surface area (Å²) in [5, 5.41) is 5.02. The van der Waals surface area contributed by atoms with Crippen molar-refractivity contribution >= 4 is 23.2 Å². The zero-order valence-corrected chi connectivity index (χ0v) is 21.3. The van der Waals surface area contributed by atoms with Gasteiger partial charge in [0.2, 0.25) is 11.8 Å². The normalized spacial score (nSPS) is 11.5. The maximum Gasteiger partial charge on any atom is 0.247 e. The molecule has 3 aromatic carbocycles. The first-order valence-electron chi connectivity index (χ1n) is 11.9. The number of rotatable bonds is 10. The zero-order chi connectivity index (χ0) is 25.3. The third kappa shape index (κ3) is 6.61. The first-order chi connectivity index (χ1) is 17.5. The fourth-order valence-corrected chi connectivity index (χ4v) is 4.75. The molecule has 2 amide bonds. The number of carbonyl (C=O) groups is 2. The van der Waals surface area contributed by atoms with Gasteiger partial charge in [-0.1, -0.05) is 78.4 Å². The number of ether oxygens (including phenoxy) is 1. The number of nitrogens with zero attached hydrogens (tertiary/aromatic N) is 1. The van der Waals surface area contributed by atoms with Crippen LogP contribution < -0.4 is 10.1 Å². The van der Waals surface area contributed by atoms with E-state index in [-0.39, 0.29) is 24.8 Å². The van der Waals surface area contributed by atoms with Gasteiger partial charge in [-0.15, -0.1) is 11.3 Å². The summed E-state index contributed by atoms with van der Waals surface area (Å²) in [6, 6.07) is 28.3. The molecule has 1 unspecified atom stereocenters. The molecule has 0 bridgehead atoms. The van der Waals surface area contributed by atoms with Gasteiger partial charge in [0.1, 0.15) is 11.8 Å². The Labute approximate surface area is 216 Å². The molecule has 0 aliphatic heterocycles. The SMILES string of the molecule is COc1cccc(CN(C(=O)Cc2cccs2)C(C(=O)NCc2ccccc2)c2ccc(C)cc2)c1. The van der Waals surface area contributed by atoms with Crippen molar-refractivity contribution in [3.05, 3.63) is 124 Å². The van der Waals surface area contributed by atoms with E-state index in [1.807, 2.05) is 103 Å². The van der Waals surface area contributed by atoms with Crippen LogP contribution in [0.15, 0.2) is 96.4 Å². The van der Waals surface area contributed by atoms with Crippen molar-refractivity contribution < 1.29 is 14.3 Å². The third-order valence-electron chi connectivity index (χ3n) is 5.98. The Morgan fingerprint density at radius 1 is 0.917 bits per heavy atom. The van der Waals surface area contributed by atoms with E-state index in [9.17, 15) is 9.59 Å². The van der Waals surface area contributed by atoms with Crippen molar-refractivity contribution in [2.45, 2.75) is 32.5 Å². The highest BCUT2D eigenvalue weighted by molar-refractivity contribution is 7.10. The zero-order valence-electron chi connectivity index (χ0n) is 20.5. The second kappa shape index (κ2) is 12.2. The van der Waals surface area contributed by atoms with Crippen LogP contribution in [0, 0.1) is 6.92 Å². The second-order valence-electron chi connectivity index (χ2n) is 8.65. The van der Waals surface area contributed by atoms with Crippen molar-refractivity contribution in [3.8, 4) is 5.75 Å². The second-order valence-corrected chi connectivity index (χ2v) is 9.68. The van der Waals surface area contributed by atoms with E-state index in [0.29, 0.717) is 12.3 Å². The quantitative estimate of drug-likeness (QED) is 0.305. The van der Waals surface area contributed by atoms with Gasteiger partial charge in [0.25, 0.3) is 0 Å². The lowest BCUT2D eigenvalue weighted by molar-refractivity contribution is -0.141. The molecule has 1 aromatic heterocycles. The average molecular weight is 499 g/mol. The predicted molar refractivity (Wildman–Crippen MR) is 144 cm³/mol. The molecule has 0 aliphatic rings. The Kier molecular flexibility index (Phi) is 8.53. The van der Waals surface area contributed by atoms with E-state index in [0.717, 1.165) is 27.1 Å². The number of amides is 2. The van der Waals surface area contributed by atoms with Crippen molar-refractivity contribution in [1.82, 2.24) is 10.2 Å². The maximum absolute atomic E-state index is 13.8. The smallest absolute Gasteiger partial charge is 0.247 e. The van der Waals surface area contributed by atoms with Gasteiger partial charge in [0.15, 0.2) is 0 Å². The highest BCUT2D eigenvalue weighted by Crippen LogP contribution is 2.27. The minimum absolute atomic E-state index is 0.110. The topological polar surface area (TPSA) is 58.6 Å². The summed E-state index contributed by atoms with van der Waals surface area (Å²) < 4.78 is 5.39. The molecule has 0 fully saturated rings. The monoisotopic (exact) mass is 498 g/mol. The number of methoxy groups -OCH3 is 1. The molecule has 4 rings (SSSR count). The third-order valence-corrected chi connectivity index (χ3v) is 6.85. The van der Waals surface area contributed by atoms with Crippen LogP contribution in [0.3, 0.4) is 0 Å². The van der Waals surface area contributed by atoms with Gasteiger partial charge in [-0.3, -0.25) is 9.59 Å². The standard InChI is InChI=1S/C30H30N2O3S/c1-22-13-15-25(16-14-22)29(30(34)31-20-23-8-4-3-5-9-23)32(28(33)19-27-12-7-17-36-27)21-24-10-6-11-26(18-24)35-2/h3-18,29H,19-21H2,1-2H3,(H,31,34). The maximum atomic E-state index is 13.8. The van der Waals surface area contributed by atoms with Crippen LogP contribution >= 0.6 is 11.3 Å². The molecular weight excluding hydrogens is 468 g/mol. The van der Waals surface area contributed by atoms with Crippen molar-refractivity contribution in [1.29, 1.82) is 0 Å². The summed E-state index contributed by atoms with van der Waals surface area (Å²) in [6.07, 6.45) is 0.232. The summed E-state index contributed by atoms with van der Waals surface area (Å²) in [4.78, 5) is 30.1. The molecule has 0 saturated heterocycles. The Morgan fingerprint density at radius 2 is 1.67 bits per heavy atom. The number of nitrogens with one attached hydrogen (secondary N) is 1. The van der Waals surface area contributed by atoms with E-state index < -0.39 is 6.04 Å². The van der Waals surface area contributed by atoms with Gasteiger partial charge in [0, 0.05) is 18.0 Å². The Morgan fingerprint density at radius 3 is 2.36 bits per heavy atom. The van der Waals surface area contributed by atoms with Gasteiger partial charge in [-0.05, 0) is 47.2 Å². The van der Waals surface area contributed by atoms with Gasteiger partial charge < -0.3 is 15.0 Å². The summed E-state index contributed by atoms with van der Waals surface area (Å²) in [5.41, 5.74) is 3.75.